The fraction of sp³-hybridized carbons (Fsp3) is 1.00. The summed E-state index contributed by atoms with van der Waals surface area (Å²) < 4.78 is 16.1. The molecule has 27 heavy (non-hydrogen) atoms. The van der Waals surface area contributed by atoms with Crippen LogP contribution < -0.4 is 0 Å². The van der Waals surface area contributed by atoms with Crippen LogP contribution in [-0.2, 0) is 6.15 Å². The Balaban J connectivity index is 4.85. The van der Waals surface area contributed by atoms with E-state index in [-0.39, 0.29) is 11.2 Å². The Bertz CT molecular complexity index is 307. The minimum atomic E-state index is -3.11. The van der Waals surface area contributed by atoms with Crippen molar-refractivity contribution in [1.29, 1.82) is 0 Å². The Morgan fingerprint density at radius 2 is 0.778 bits per heavy atom. The van der Waals surface area contributed by atoms with Gasteiger partial charge >= 0.3 is 178 Å². The van der Waals surface area contributed by atoms with Crippen LogP contribution in [0, 0.1) is 0 Å². The van der Waals surface area contributed by atoms with Crippen LogP contribution in [0.25, 0.3) is 0 Å². The zero-order chi connectivity index (χ0) is 20.8. The molecule has 0 aromatic rings. The van der Waals surface area contributed by atoms with E-state index in [0.29, 0.717) is 0 Å². The SMILES string of the molecule is CCCCCCC[CH2][Sn]([CH2]CCCCCCC)([O]C(C)(C)C)[O]C(C)(C)C. The molecule has 0 spiro atoms. The van der Waals surface area contributed by atoms with Crippen LogP contribution in [0.4, 0.5) is 0 Å². The maximum atomic E-state index is 6.84. The predicted molar refractivity (Wildman–Crippen MR) is 124 cm³/mol. The van der Waals surface area contributed by atoms with Gasteiger partial charge in [-0.1, -0.05) is 0 Å². The van der Waals surface area contributed by atoms with Crippen LogP contribution in [0.5, 0.6) is 0 Å². The third-order valence-corrected chi connectivity index (χ3v) is 16.8. The zero-order valence-corrected chi connectivity index (χ0v) is 23.1. The summed E-state index contributed by atoms with van der Waals surface area (Å²) in [5.41, 5.74) is -0.183. The predicted octanol–water partition coefficient (Wildman–Crippen LogP) is 8.78. The minimum absolute atomic E-state index is 0.0915. The van der Waals surface area contributed by atoms with Crippen molar-refractivity contribution >= 4 is 19.2 Å². The van der Waals surface area contributed by atoms with Crippen molar-refractivity contribution in [1.82, 2.24) is 0 Å². The van der Waals surface area contributed by atoms with E-state index in [1.807, 2.05) is 0 Å². The van der Waals surface area contributed by atoms with Crippen LogP contribution in [-0.4, -0.2) is 30.4 Å². The van der Waals surface area contributed by atoms with E-state index in [9.17, 15) is 0 Å². The number of rotatable bonds is 16. The van der Waals surface area contributed by atoms with Crippen molar-refractivity contribution in [3.63, 3.8) is 0 Å². The molecule has 0 saturated carbocycles. The van der Waals surface area contributed by atoms with Gasteiger partial charge in [0.1, 0.15) is 0 Å². The summed E-state index contributed by atoms with van der Waals surface area (Å²) in [4.78, 5) is 0. The quantitative estimate of drug-likeness (QED) is 0.159. The van der Waals surface area contributed by atoms with Gasteiger partial charge in [0.05, 0.1) is 0 Å². The van der Waals surface area contributed by atoms with Gasteiger partial charge in [0.25, 0.3) is 0 Å². The third kappa shape index (κ3) is 17.3. The van der Waals surface area contributed by atoms with Crippen molar-refractivity contribution in [2.75, 3.05) is 0 Å². The molecule has 0 atom stereocenters. The molecule has 0 unspecified atom stereocenters. The van der Waals surface area contributed by atoms with Crippen molar-refractivity contribution in [2.45, 2.75) is 153 Å². The second kappa shape index (κ2) is 14.7. The Morgan fingerprint density at radius 1 is 0.481 bits per heavy atom. The molecule has 0 aliphatic heterocycles. The average Bonchev–Trinajstić information content (AvgIpc) is 2.51. The standard InChI is InChI=1S/2C8H17.2C4H9O.Sn/c2*1-3-5-7-8-6-4-2;2*1-4(2,3)5;/h2*1,3-8H2,2H3;2*1-3H3;/q;;2*-1;+2. The molecule has 0 saturated heterocycles. The molecule has 0 N–H and O–H groups in total. The van der Waals surface area contributed by atoms with Crippen molar-refractivity contribution < 1.29 is 6.15 Å². The molecule has 0 aliphatic carbocycles. The Hall–Kier alpha value is 0.719. The fourth-order valence-corrected chi connectivity index (χ4v) is 16.7. The summed E-state index contributed by atoms with van der Waals surface area (Å²) in [6.07, 6.45) is 16.2. The molecule has 0 aromatic heterocycles. The molecule has 0 bridgehead atoms. The first-order valence-electron chi connectivity index (χ1n) is 11.9. The first kappa shape index (κ1) is 27.7. The van der Waals surface area contributed by atoms with E-state index in [1.54, 1.807) is 0 Å². The number of hydrogen-bond donors (Lipinski definition) is 0. The van der Waals surface area contributed by atoms with E-state index in [2.05, 4.69) is 55.4 Å². The summed E-state index contributed by atoms with van der Waals surface area (Å²) in [6, 6.07) is 0. The van der Waals surface area contributed by atoms with E-state index in [1.165, 1.54) is 85.9 Å². The topological polar surface area (TPSA) is 18.5 Å². The molecule has 0 rings (SSSR count). The van der Waals surface area contributed by atoms with Gasteiger partial charge in [-0.25, -0.2) is 0 Å². The number of hydrogen-bond acceptors (Lipinski definition) is 2. The van der Waals surface area contributed by atoms with Gasteiger partial charge in [0.15, 0.2) is 0 Å². The van der Waals surface area contributed by atoms with Crippen molar-refractivity contribution in [3.8, 4) is 0 Å². The van der Waals surface area contributed by atoms with E-state index >= 15 is 0 Å². The van der Waals surface area contributed by atoms with Gasteiger partial charge in [-0.05, 0) is 0 Å². The van der Waals surface area contributed by atoms with Crippen LogP contribution in [0.15, 0.2) is 0 Å². The van der Waals surface area contributed by atoms with Gasteiger partial charge in [-0.2, -0.15) is 0 Å². The molecule has 0 aliphatic rings. The van der Waals surface area contributed by atoms with Gasteiger partial charge in [0, 0.05) is 0 Å². The second-order valence-electron chi connectivity index (χ2n) is 10.4. The van der Waals surface area contributed by atoms with Gasteiger partial charge in [0.2, 0.25) is 0 Å². The first-order valence-corrected chi connectivity index (χ1v) is 18.3. The molecule has 3 heteroatoms. The van der Waals surface area contributed by atoms with Gasteiger partial charge in [-0.3, -0.25) is 0 Å². The monoisotopic (exact) mass is 492 g/mol. The molecule has 0 heterocycles. The Morgan fingerprint density at radius 3 is 1.07 bits per heavy atom. The van der Waals surface area contributed by atoms with Crippen LogP contribution in [0.2, 0.25) is 8.87 Å². The Labute approximate surface area is 177 Å². The number of unbranched alkanes of at least 4 members (excludes halogenated alkanes) is 10. The summed E-state index contributed by atoms with van der Waals surface area (Å²) in [5.74, 6) is 0. The van der Waals surface area contributed by atoms with Gasteiger partial charge in [-0.15, -0.1) is 0 Å². The maximum absolute atomic E-state index is 6.84. The molecule has 0 fully saturated rings. The summed E-state index contributed by atoms with van der Waals surface area (Å²) in [6.45, 7) is 17.9. The van der Waals surface area contributed by atoms with Crippen LogP contribution >= 0.6 is 0 Å². The first-order chi connectivity index (χ1) is 12.5. The second-order valence-corrected chi connectivity index (χ2v) is 19.6. The Kier molecular flexibility index (Phi) is 15.1. The van der Waals surface area contributed by atoms with E-state index in [0.717, 1.165) is 0 Å². The molecular weight excluding hydrogens is 439 g/mol. The van der Waals surface area contributed by atoms with Crippen molar-refractivity contribution in [2.24, 2.45) is 0 Å². The van der Waals surface area contributed by atoms with Crippen molar-refractivity contribution in [3.05, 3.63) is 0 Å². The molecule has 0 amide bonds. The molecule has 0 aromatic carbocycles. The normalized spacial score (nSPS) is 13.3. The molecular formula is C24H52O2Sn. The third-order valence-electron chi connectivity index (χ3n) is 4.81. The molecule has 0 radical (unpaired) electrons. The summed E-state index contributed by atoms with van der Waals surface area (Å²) in [7, 11) is 0. The average molecular weight is 491 g/mol. The fourth-order valence-electron chi connectivity index (χ4n) is 3.82. The zero-order valence-electron chi connectivity index (χ0n) is 20.2. The molecule has 164 valence electrons. The van der Waals surface area contributed by atoms with E-state index < -0.39 is 19.2 Å². The molecule has 2 nitrogen and oxygen atoms in total. The van der Waals surface area contributed by atoms with Gasteiger partial charge < -0.3 is 0 Å². The van der Waals surface area contributed by atoms with Crippen LogP contribution in [0.1, 0.15) is 132 Å². The summed E-state index contributed by atoms with van der Waals surface area (Å²) in [5, 5.41) is 0. The van der Waals surface area contributed by atoms with E-state index in [4.69, 9.17) is 6.15 Å². The summed E-state index contributed by atoms with van der Waals surface area (Å²) >= 11 is -3.11. The van der Waals surface area contributed by atoms with Crippen LogP contribution in [0.3, 0.4) is 0 Å².